The molecule has 1 heterocycles. The van der Waals surface area contributed by atoms with E-state index >= 15 is 0 Å². The molecule has 0 saturated carbocycles. The van der Waals surface area contributed by atoms with Gasteiger partial charge in [0.2, 0.25) is 10.0 Å². The van der Waals surface area contributed by atoms with Crippen molar-refractivity contribution in [1.82, 2.24) is 0 Å². The molecule has 2 rings (SSSR count). The number of nitrogen functional groups attached to an aromatic ring is 1. The first-order valence-electron chi connectivity index (χ1n) is 7.08. The van der Waals surface area contributed by atoms with Crippen molar-refractivity contribution in [1.29, 1.82) is 0 Å². The third-order valence-corrected chi connectivity index (χ3v) is 5.40. The van der Waals surface area contributed by atoms with Gasteiger partial charge < -0.3 is 5.73 Å². The molecule has 1 aromatic rings. The molecular formula is C15H24N2O2S. The molecule has 4 nitrogen and oxygen atoms in total. The molecule has 20 heavy (non-hydrogen) atoms. The lowest BCUT2D eigenvalue weighted by atomic mass is 9.94. The van der Waals surface area contributed by atoms with E-state index in [9.17, 15) is 8.42 Å². The summed E-state index contributed by atoms with van der Waals surface area (Å²) in [4.78, 5) is 0. The van der Waals surface area contributed by atoms with Crippen molar-refractivity contribution in [2.24, 2.45) is 5.41 Å². The number of rotatable bonds is 3. The molecule has 0 aromatic heterocycles. The van der Waals surface area contributed by atoms with Crippen molar-refractivity contribution >= 4 is 21.4 Å². The first-order chi connectivity index (χ1) is 9.19. The highest BCUT2D eigenvalue weighted by atomic mass is 32.2. The van der Waals surface area contributed by atoms with E-state index in [-0.39, 0.29) is 11.2 Å². The molecule has 0 radical (unpaired) electrons. The molecule has 112 valence electrons. The number of anilines is 2. The van der Waals surface area contributed by atoms with Crippen LogP contribution in [0.2, 0.25) is 0 Å². The van der Waals surface area contributed by atoms with Crippen LogP contribution in [0.4, 0.5) is 11.4 Å². The maximum absolute atomic E-state index is 12.6. The lowest BCUT2D eigenvalue weighted by molar-refractivity contribution is 0.397. The van der Waals surface area contributed by atoms with Crippen LogP contribution in [0.25, 0.3) is 0 Å². The second kappa shape index (κ2) is 5.28. The Kier molecular flexibility index (Phi) is 4.00. The van der Waals surface area contributed by atoms with Crippen LogP contribution >= 0.6 is 0 Å². The Morgan fingerprint density at radius 2 is 2.00 bits per heavy atom. The Hall–Kier alpha value is -1.23. The molecule has 0 amide bonds. The summed E-state index contributed by atoms with van der Waals surface area (Å²) < 4.78 is 26.7. The molecule has 2 N–H and O–H groups in total. The lowest BCUT2D eigenvalue weighted by Crippen LogP contribution is -2.37. The summed E-state index contributed by atoms with van der Waals surface area (Å²) in [7, 11) is -3.25. The fraction of sp³-hybridized carbons (Fsp3) is 0.600. The van der Waals surface area contributed by atoms with E-state index in [2.05, 4.69) is 20.8 Å². The molecule has 0 bridgehead atoms. The first-order valence-corrected chi connectivity index (χ1v) is 8.69. The highest BCUT2D eigenvalue weighted by Crippen LogP contribution is 2.32. The largest absolute Gasteiger partial charge is 0.399 e. The summed E-state index contributed by atoms with van der Waals surface area (Å²) >= 11 is 0. The van der Waals surface area contributed by atoms with Crippen LogP contribution in [-0.4, -0.2) is 20.7 Å². The van der Waals surface area contributed by atoms with Crippen LogP contribution in [-0.2, 0) is 16.4 Å². The van der Waals surface area contributed by atoms with Gasteiger partial charge in [-0.3, -0.25) is 4.31 Å². The molecule has 0 fully saturated rings. The van der Waals surface area contributed by atoms with Gasteiger partial charge in [-0.15, -0.1) is 0 Å². The normalized spacial score (nSPS) is 16.1. The van der Waals surface area contributed by atoms with E-state index < -0.39 is 10.0 Å². The Bertz CT molecular complexity index is 588. The van der Waals surface area contributed by atoms with Gasteiger partial charge >= 0.3 is 0 Å². The average molecular weight is 296 g/mol. The third kappa shape index (κ3) is 3.45. The van der Waals surface area contributed by atoms with Gasteiger partial charge in [0.15, 0.2) is 0 Å². The Labute approximate surface area is 122 Å². The quantitative estimate of drug-likeness (QED) is 0.872. The third-order valence-electron chi connectivity index (χ3n) is 3.63. The van der Waals surface area contributed by atoms with Crippen molar-refractivity contribution in [3.63, 3.8) is 0 Å². The lowest BCUT2D eigenvalue weighted by Gasteiger charge is -2.31. The number of fused-ring (bicyclic) bond motifs is 1. The van der Waals surface area contributed by atoms with E-state index in [0.717, 1.165) is 24.1 Å². The van der Waals surface area contributed by atoms with E-state index in [1.807, 2.05) is 12.1 Å². The number of hydrogen-bond donors (Lipinski definition) is 1. The van der Waals surface area contributed by atoms with E-state index in [4.69, 9.17) is 5.73 Å². The highest BCUT2D eigenvalue weighted by Gasteiger charge is 2.28. The Morgan fingerprint density at radius 3 is 2.65 bits per heavy atom. The van der Waals surface area contributed by atoms with Crippen molar-refractivity contribution in [3.05, 3.63) is 23.8 Å². The van der Waals surface area contributed by atoms with Crippen LogP contribution in [0, 0.1) is 5.41 Å². The van der Waals surface area contributed by atoms with Crippen LogP contribution < -0.4 is 10.0 Å². The highest BCUT2D eigenvalue weighted by molar-refractivity contribution is 7.92. The fourth-order valence-corrected chi connectivity index (χ4v) is 4.39. The predicted molar refractivity (Wildman–Crippen MR) is 84.4 cm³/mol. The van der Waals surface area contributed by atoms with Crippen LogP contribution in [0.1, 0.15) is 39.2 Å². The average Bonchev–Trinajstić information content (AvgIpc) is 2.34. The minimum Gasteiger partial charge on any atom is -0.399 e. The van der Waals surface area contributed by atoms with Gasteiger partial charge in [0.25, 0.3) is 0 Å². The molecule has 0 atom stereocenters. The number of hydrogen-bond acceptors (Lipinski definition) is 3. The maximum atomic E-state index is 12.6. The smallest absolute Gasteiger partial charge is 0.235 e. The fourth-order valence-electron chi connectivity index (χ4n) is 2.42. The number of aryl methyl sites for hydroxylation is 1. The van der Waals surface area contributed by atoms with E-state index in [1.54, 1.807) is 10.4 Å². The minimum absolute atomic E-state index is 0.0206. The molecule has 5 heteroatoms. The van der Waals surface area contributed by atoms with Crippen LogP contribution in [0.15, 0.2) is 18.2 Å². The molecule has 0 spiro atoms. The maximum Gasteiger partial charge on any atom is 0.235 e. The number of nitrogens with two attached hydrogens (primary N) is 1. The van der Waals surface area contributed by atoms with Crippen molar-refractivity contribution < 1.29 is 8.42 Å². The summed E-state index contributed by atoms with van der Waals surface area (Å²) in [6.07, 6.45) is 2.41. The van der Waals surface area contributed by atoms with Gasteiger partial charge in [-0.2, -0.15) is 0 Å². The van der Waals surface area contributed by atoms with Gasteiger partial charge in [0.1, 0.15) is 0 Å². The topological polar surface area (TPSA) is 63.4 Å². The van der Waals surface area contributed by atoms with Crippen molar-refractivity contribution in [3.8, 4) is 0 Å². The number of nitrogens with zero attached hydrogens (tertiary/aromatic N) is 1. The van der Waals surface area contributed by atoms with Gasteiger partial charge in [0.05, 0.1) is 11.4 Å². The molecule has 1 aromatic carbocycles. The van der Waals surface area contributed by atoms with E-state index in [0.29, 0.717) is 18.7 Å². The number of sulfonamides is 1. The van der Waals surface area contributed by atoms with Crippen molar-refractivity contribution in [2.75, 3.05) is 22.3 Å². The summed E-state index contributed by atoms with van der Waals surface area (Å²) in [5.74, 6) is 0.195. The number of benzene rings is 1. The summed E-state index contributed by atoms with van der Waals surface area (Å²) in [6, 6.07) is 5.50. The molecular weight excluding hydrogens is 272 g/mol. The molecule has 1 aliphatic heterocycles. The van der Waals surface area contributed by atoms with Crippen LogP contribution in [0.5, 0.6) is 0 Å². The van der Waals surface area contributed by atoms with Gasteiger partial charge in [-0.05, 0) is 48.4 Å². The van der Waals surface area contributed by atoms with Gasteiger partial charge in [-0.25, -0.2) is 8.42 Å². The SMILES string of the molecule is CC(C)(C)CCS(=O)(=O)N1CCCc2cc(N)ccc21. The summed E-state index contributed by atoms with van der Waals surface area (Å²) in [6.45, 7) is 6.76. The zero-order chi connectivity index (χ0) is 15.0. The zero-order valence-electron chi connectivity index (χ0n) is 12.5. The Balaban J connectivity index is 2.26. The van der Waals surface area contributed by atoms with E-state index in [1.165, 1.54) is 0 Å². The summed E-state index contributed by atoms with van der Waals surface area (Å²) in [5, 5.41) is 0. The first kappa shape index (κ1) is 15.2. The minimum atomic E-state index is -3.25. The molecule has 0 aliphatic carbocycles. The second-order valence-electron chi connectivity index (χ2n) is 6.69. The monoisotopic (exact) mass is 296 g/mol. The van der Waals surface area contributed by atoms with Crippen LogP contribution in [0.3, 0.4) is 0 Å². The summed E-state index contributed by atoms with van der Waals surface area (Å²) in [5.41, 5.74) is 8.34. The standard InChI is InChI=1S/C15H24N2O2S/c1-15(2,3)8-10-20(18,19)17-9-4-5-12-11-13(16)6-7-14(12)17/h6-7,11H,4-5,8-10,16H2,1-3H3. The molecule has 0 unspecified atom stereocenters. The van der Waals surface area contributed by atoms with Gasteiger partial charge in [-0.1, -0.05) is 20.8 Å². The predicted octanol–water partition coefficient (Wildman–Crippen LogP) is 2.79. The molecule has 0 saturated heterocycles. The van der Waals surface area contributed by atoms with Gasteiger partial charge in [0, 0.05) is 12.2 Å². The zero-order valence-corrected chi connectivity index (χ0v) is 13.3. The van der Waals surface area contributed by atoms with Crippen molar-refractivity contribution in [2.45, 2.75) is 40.0 Å². The Morgan fingerprint density at radius 1 is 1.30 bits per heavy atom. The second-order valence-corrected chi connectivity index (χ2v) is 8.70. The molecule has 1 aliphatic rings.